The number of carbonyl (C=O) groups excluding carboxylic acids is 1. The summed E-state index contributed by atoms with van der Waals surface area (Å²) in [6.07, 6.45) is 0. The first-order valence-electron chi connectivity index (χ1n) is 8.05. The number of benzene rings is 2. The third-order valence-electron chi connectivity index (χ3n) is 3.96. The highest BCUT2D eigenvalue weighted by atomic mass is 32.2. The lowest BCUT2D eigenvalue weighted by molar-refractivity contribution is -0.384. The number of nitro benzene ring substituents is 1. The highest BCUT2D eigenvalue weighted by Gasteiger charge is 2.15. The van der Waals surface area contributed by atoms with Crippen LogP contribution in [0.4, 0.5) is 5.69 Å². The summed E-state index contributed by atoms with van der Waals surface area (Å²) in [6, 6.07) is 12.3. The van der Waals surface area contributed by atoms with Gasteiger partial charge >= 0.3 is 0 Å². The molecule has 1 heterocycles. The lowest BCUT2D eigenvalue weighted by Crippen LogP contribution is -2.11. The smallest absolute Gasteiger partial charge is 0.270 e. The maximum atomic E-state index is 12.4. The Morgan fingerprint density at radius 2 is 1.88 bits per heavy atom. The van der Waals surface area contributed by atoms with Gasteiger partial charge in [-0.1, -0.05) is 56.8 Å². The number of non-ortho nitro benzene ring substituents is 1. The van der Waals surface area contributed by atoms with E-state index in [0.717, 1.165) is 9.04 Å². The van der Waals surface area contributed by atoms with Crippen LogP contribution in [0.25, 0.3) is 10.2 Å². The fraction of sp³-hybridized carbons (Fsp3) is 0.263. The second-order valence-corrected chi connectivity index (χ2v) is 9.18. The van der Waals surface area contributed by atoms with Gasteiger partial charge in [-0.25, -0.2) is 4.98 Å². The molecule has 0 radical (unpaired) electrons. The molecule has 0 unspecified atom stereocenters. The van der Waals surface area contributed by atoms with Crippen molar-refractivity contribution in [1.29, 1.82) is 0 Å². The fourth-order valence-electron chi connectivity index (χ4n) is 2.43. The molecule has 0 aliphatic rings. The lowest BCUT2D eigenvalue weighted by Gasteiger charge is -2.18. The Labute approximate surface area is 159 Å². The predicted octanol–water partition coefficient (Wildman–Crippen LogP) is 5.48. The Morgan fingerprint density at radius 3 is 2.50 bits per heavy atom. The van der Waals surface area contributed by atoms with E-state index in [0.29, 0.717) is 11.1 Å². The van der Waals surface area contributed by atoms with Crippen molar-refractivity contribution in [3.63, 3.8) is 0 Å². The highest BCUT2D eigenvalue weighted by Crippen LogP contribution is 2.32. The Bertz CT molecular complexity index is 973. The van der Waals surface area contributed by atoms with Gasteiger partial charge in [-0.3, -0.25) is 14.9 Å². The van der Waals surface area contributed by atoms with Crippen molar-refractivity contribution < 1.29 is 9.72 Å². The van der Waals surface area contributed by atoms with Crippen molar-refractivity contribution in [3.8, 4) is 0 Å². The number of thioether (sulfide) groups is 1. The van der Waals surface area contributed by atoms with Crippen LogP contribution >= 0.6 is 23.1 Å². The number of carbonyl (C=O) groups is 1. The highest BCUT2D eigenvalue weighted by molar-refractivity contribution is 8.01. The van der Waals surface area contributed by atoms with Gasteiger partial charge in [0.25, 0.3) is 5.69 Å². The Morgan fingerprint density at radius 1 is 1.19 bits per heavy atom. The van der Waals surface area contributed by atoms with E-state index in [4.69, 9.17) is 0 Å². The molecular formula is C19H18N2O3S2. The zero-order valence-electron chi connectivity index (χ0n) is 14.7. The van der Waals surface area contributed by atoms with Crippen LogP contribution in [0.3, 0.4) is 0 Å². The van der Waals surface area contributed by atoms with Crippen LogP contribution in [0.15, 0.2) is 46.8 Å². The molecule has 26 heavy (non-hydrogen) atoms. The number of hydrogen-bond acceptors (Lipinski definition) is 6. The van der Waals surface area contributed by atoms with E-state index < -0.39 is 4.92 Å². The molecule has 0 spiro atoms. The van der Waals surface area contributed by atoms with Gasteiger partial charge in [0, 0.05) is 17.7 Å². The molecule has 134 valence electrons. The number of thiazole rings is 1. The van der Waals surface area contributed by atoms with Gasteiger partial charge in [0.05, 0.1) is 20.9 Å². The van der Waals surface area contributed by atoms with Crippen molar-refractivity contribution in [3.05, 3.63) is 63.7 Å². The molecule has 5 nitrogen and oxygen atoms in total. The van der Waals surface area contributed by atoms with Crippen LogP contribution in [0.2, 0.25) is 0 Å². The van der Waals surface area contributed by atoms with Crippen molar-refractivity contribution in [2.24, 2.45) is 0 Å². The normalized spacial score (nSPS) is 11.7. The van der Waals surface area contributed by atoms with Gasteiger partial charge in [0.1, 0.15) is 0 Å². The number of rotatable bonds is 5. The number of ketones is 1. The molecule has 0 amide bonds. The Kier molecular flexibility index (Phi) is 5.11. The molecule has 0 aliphatic carbocycles. The van der Waals surface area contributed by atoms with Crippen LogP contribution < -0.4 is 0 Å². The summed E-state index contributed by atoms with van der Waals surface area (Å²) in [7, 11) is 0. The summed E-state index contributed by atoms with van der Waals surface area (Å²) in [5.74, 6) is 0.331. The van der Waals surface area contributed by atoms with E-state index >= 15 is 0 Å². The minimum absolute atomic E-state index is 0.0423. The third kappa shape index (κ3) is 4.11. The lowest BCUT2D eigenvalue weighted by atomic mass is 9.86. The number of fused-ring (bicyclic) bond motifs is 1. The van der Waals surface area contributed by atoms with Gasteiger partial charge < -0.3 is 0 Å². The summed E-state index contributed by atoms with van der Waals surface area (Å²) in [5, 5.41) is 10.8. The maximum Gasteiger partial charge on any atom is 0.270 e. The van der Waals surface area contributed by atoms with Crippen LogP contribution in [-0.2, 0) is 5.41 Å². The maximum absolute atomic E-state index is 12.4. The Hall–Kier alpha value is -2.25. The standard InChI is InChI=1S/C19H18N2O3S2/c1-19(2,3)13-6-4-12(5-7-13)16(22)11-25-18-20-15-9-8-14(21(23)24)10-17(15)26-18/h4-10H,11H2,1-3H3. The van der Waals surface area contributed by atoms with Gasteiger partial charge in [0.2, 0.25) is 0 Å². The molecule has 0 atom stereocenters. The third-order valence-corrected chi connectivity index (χ3v) is 6.12. The second kappa shape index (κ2) is 7.17. The number of hydrogen-bond donors (Lipinski definition) is 0. The van der Waals surface area contributed by atoms with Crippen LogP contribution in [0, 0.1) is 10.1 Å². The quantitative estimate of drug-likeness (QED) is 0.251. The van der Waals surface area contributed by atoms with E-state index in [1.165, 1.54) is 40.8 Å². The Balaban J connectivity index is 1.69. The SMILES string of the molecule is CC(C)(C)c1ccc(C(=O)CSc2nc3ccc([N+](=O)[O-])cc3s2)cc1. The second-order valence-electron chi connectivity index (χ2n) is 6.93. The molecule has 2 aromatic carbocycles. The van der Waals surface area contributed by atoms with E-state index in [1.807, 2.05) is 24.3 Å². The number of nitro groups is 1. The number of nitrogens with zero attached hydrogens (tertiary/aromatic N) is 2. The first kappa shape index (κ1) is 18.5. The van der Waals surface area contributed by atoms with Gasteiger partial charge in [-0.05, 0) is 17.0 Å². The summed E-state index contributed by atoms with van der Waals surface area (Å²) < 4.78 is 1.49. The summed E-state index contributed by atoms with van der Waals surface area (Å²) >= 11 is 2.73. The number of Topliss-reactive ketones (excluding diaryl/α,β-unsaturated/α-hetero) is 1. The average Bonchev–Trinajstić information content (AvgIpc) is 3.01. The van der Waals surface area contributed by atoms with Crippen molar-refractivity contribution in [1.82, 2.24) is 4.98 Å². The largest absolute Gasteiger partial charge is 0.293 e. The molecule has 0 N–H and O–H groups in total. The first-order valence-corrected chi connectivity index (χ1v) is 9.86. The van der Waals surface area contributed by atoms with E-state index in [1.54, 1.807) is 6.07 Å². The van der Waals surface area contributed by atoms with Gasteiger partial charge in [-0.15, -0.1) is 11.3 Å². The zero-order valence-corrected chi connectivity index (χ0v) is 16.3. The van der Waals surface area contributed by atoms with Crippen molar-refractivity contribution in [2.75, 3.05) is 5.75 Å². The predicted molar refractivity (Wildman–Crippen MR) is 106 cm³/mol. The van der Waals surface area contributed by atoms with Crippen molar-refractivity contribution >= 4 is 44.8 Å². The van der Waals surface area contributed by atoms with Crippen molar-refractivity contribution in [2.45, 2.75) is 30.5 Å². The molecule has 3 rings (SSSR count). The molecule has 3 aromatic rings. The van der Waals surface area contributed by atoms with Gasteiger partial charge in [0.15, 0.2) is 10.1 Å². The molecule has 0 aliphatic heterocycles. The van der Waals surface area contributed by atoms with Gasteiger partial charge in [-0.2, -0.15) is 0 Å². The van der Waals surface area contributed by atoms with E-state index in [2.05, 4.69) is 25.8 Å². The average molecular weight is 386 g/mol. The summed E-state index contributed by atoms with van der Waals surface area (Å²) in [6.45, 7) is 6.41. The molecular weight excluding hydrogens is 368 g/mol. The minimum atomic E-state index is -0.420. The van der Waals surface area contributed by atoms with Crippen LogP contribution in [-0.4, -0.2) is 21.4 Å². The molecule has 0 fully saturated rings. The van der Waals surface area contributed by atoms with Crippen LogP contribution in [0.5, 0.6) is 0 Å². The summed E-state index contributed by atoms with van der Waals surface area (Å²) in [4.78, 5) is 27.3. The number of aromatic nitrogens is 1. The monoisotopic (exact) mass is 386 g/mol. The molecule has 0 saturated carbocycles. The zero-order chi connectivity index (χ0) is 18.9. The first-order chi connectivity index (χ1) is 12.2. The topological polar surface area (TPSA) is 73.1 Å². The van der Waals surface area contributed by atoms with E-state index in [-0.39, 0.29) is 22.6 Å². The summed E-state index contributed by atoms with van der Waals surface area (Å²) in [5.41, 5.74) is 2.69. The molecule has 0 bridgehead atoms. The molecule has 0 saturated heterocycles. The minimum Gasteiger partial charge on any atom is -0.293 e. The van der Waals surface area contributed by atoms with Crippen LogP contribution in [0.1, 0.15) is 36.7 Å². The fourth-order valence-corrected chi connectivity index (χ4v) is 4.43. The molecule has 7 heteroatoms. The van der Waals surface area contributed by atoms with E-state index in [9.17, 15) is 14.9 Å². The molecule has 1 aromatic heterocycles.